The SMILES string of the molecule is CCN(CC)C(=O)CN1CCCN(C(=O)c2coc(CN)c2)CC1. The van der Waals surface area contributed by atoms with Gasteiger partial charge in [0.05, 0.1) is 18.7 Å². The zero-order valence-electron chi connectivity index (χ0n) is 14.7. The van der Waals surface area contributed by atoms with Gasteiger partial charge in [0.1, 0.15) is 12.0 Å². The lowest BCUT2D eigenvalue weighted by molar-refractivity contribution is -0.132. The first-order valence-electron chi connectivity index (χ1n) is 8.65. The molecule has 2 amide bonds. The van der Waals surface area contributed by atoms with E-state index in [0.717, 1.165) is 26.1 Å². The van der Waals surface area contributed by atoms with E-state index < -0.39 is 0 Å². The lowest BCUT2D eigenvalue weighted by Crippen LogP contribution is -2.42. The predicted molar refractivity (Wildman–Crippen MR) is 91.5 cm³/mol. The molecule has 1 saturated heterocycles. The molecule has 7 nitrogen and oxygen atoms in total. The highest BCUT2D eigenvalue weighted by atomic mass is 16.3. The summed E-state index contributed by atoms with van der Waals surface area (Å²) in [6.07, 6.45) is 2.33. The van der Waals surface area contributed by atoms with Gasteiger partial charge in [-0.25, -0.2) is 0 Å². The van der Waals surface area contributed by atoms with E-state index in [9.17, 15) is 9.59 Å². The Morgan fingerprint density at radius 1 is 1.21 bits per heavy atom. The molecule has 0 aliphatic carbocycles. The molecule has 0 aromatic carbocycles. The second-order valence-corrected chi connectivity index (χ2v) is 5.99. The van der Waals surface area contributed by atoms with E-state index >= 15 is 0 Å². The summed E-state index contributed by atoms with van der Waals surface area (Å²) in [5.74, 6) is 0.734. The van der Waals surface area contributed by atoms with Crippen LogP contribution in [0.5, 0.6) is 0 Å². The van der Waals surface area contributed by atoms with Crippen molar-refractivity contribution in [2.45, 2.75) is 26.8 Å². The average molecular weight is 336 g/mol. The van der Waals surface area contributed by atoms with Crippen molar-refractivity contribution in [3.63, 3.8) is 0 Å². The van der Waals surface area contributed by atoms with Crippen molar-refractivity contribution < 1.29 is 14.0 Å². The molecule has 0 saturated carbocycles. The first-order valence-corrected chi connectivity index (χ1v) is 8.65. The summed E-state index contributed by atoms with van der Waals surface area (Å²) >= 11 is 0. The zero-order valence-corrected chi connectivity index (χ0v) is 14.7. The average Bonchev–Trinajstić information content (AvgIpc) is 2.95. The molecule has 2 heterocycles. The van der Waals surface area contributed by atoms with Crippen molar-refractivity contribution in [2.75, 3.05) is 45.8 Å². The quantitative estimate of drug-likeness (QED) is 0.829. The normalized spacial score (nSPS) is 16.0. The second kappa shape index (κ2) is 8.84. The number of nitrogens with two attached hydrogens (primary N) is 1. The van der Waals surface area contributed by atoms with Crippen molar-refractivity contribution >= 4 is 11.8 Å². The Hall–Kier alpha value is -1.86. The fourth-order valence-electron chi connectivity index (χ4n) is 2.98. The summed E-state index contributed by atoms with van der Waals surface area (Å²) in [4.78, 5) is 30.6. The molecule has 0 unspecified atom stereocenters. The smallest absolute Gasteiger partial charge is 0.257 e. The Morgan fingerprint density at radius 3 is 2.58 bits per heavy atom. The Balaban J connectivity index is 1.90. The highest BCUT2D eigenvalue weighted by Crippen LogP contribution is 2.13. The standard InChI is InChI=1S/C17H28N4O3/c1-3-20(4-2)16(22)12-19-6-5-7-21(9-8-19)17(23)14-10-15(11-18)24-13-14/h10,13H,3-9,11-12,18H2,1-2H3. The van der Waals surface area contributed by atoms with Crippen molar-refractivity contribution in [1.82, 2.24) is 14.7 Å². The van der Waals surface area contributed by atoms with Gasteiger partial charge >= 0.3 is 0 Å². The first kappa shape index (κ1) is 18.5. The Kier molecular flexibility index (Phi) is 6.81. The minimum atomic E-state index is -0.0321. The number of furan rings is 1. The van der Waals surface area contributed by atoms with Crippen molar-refractivity contribution in [1.29, 1.82) is 0 Å². The molecule has 1 aromatic heterocycles. The second-order valence-electron chi connectivity index (χ2n) is 5.99. The maximum Gasteiger partial charge on any atom is 0.257 e. The van der Waals surface area contributed by atoms with Gasteiger partial charge in [-0.1, -0.05) is 0 Å². The van der Waals surface area contributed by atoms with Crippen LogP contribution in [0.25, 0.3) is 0 Å². The summed E-state index contributed by atoms with van der Waals surface area (Å²) in [5.41, 5.74) is 6.06. The van der Waals surface area contributed by atoms with Crippen molar-refractivity contribution in [3.8, 4) is 0 Å². The lowest BCUT2D eigenvalue weighted by Gasteiger charge is -2.25. The van der Waals surface area contributed by atoms with Gasteiger partial charge < -0.3 is 20.0 Å². The number of hydrogen-bond acceptors (Lipinski definition) is 5. The van der Waals surface area contributed by atoms with Crippen LogP contribution in [0.3, 0.4) is 0 Å². The molecule has 7 heteroatoms. The van der Waals surface area contributed by atoms with Gasteiger partial charge in [0, 0.05) is 39.3 Å². The van der Waals surface area contributed by atoms with Crippen LogP contribution in [0, 0.1) is 0 Å². The number of rotatable bonds is 6. The van der Waals surface area contributed by atoms with Crippen LogP contribution in [-0.4, -0.2) is 72.3 Å². The monoisotopic (exact) mass is 336 g/mol. The van der Waals surface area contributed by atoms with Gasteiger partial charge in [0.2, 0.25) is 5.91 Å². The third-order valence-corrected chi connectivity index (χ3v) is 4.45. The van der Waals surface area contributed by atoms with Crippen LogP contribution < -0.4 is 5.73 Å². The molecule has 134 valence electrons. The topological polar surface area (TPSA) is 83.0 Å². The molecular weight excluding hydrogens is 308 g/mol. The largest absolute Gasteiger partial charge is 0.467 e. The van der Waals surface area contributed by atoms with E-state index in [2.05, 4.69) is 4.90 Å². The molecule has 1 aliphatic heterocycles. The van der Waals surface area contributed by atoms with E-state index in [1.165, 1.54) is 6.26 Å². The highest BCUT2D eigenvalue weighted by Gasteiger charge is 2.23. The molecule has 0 radical (unpaired) electrons. The molecule has 0 atom stereocenters. The molecular formula is C17H28N4O3. The van der Waals surface area contributed by atoms with E-state index in [1.54, 1.807) is 6.07 Å². The van der Waals surface area contributed by atoms with Crippen LogP contribution in [-0.2, 0) is 11.3 Å². The van der Waals surface area contributed by atoms with E-state index in [1.807, 2.05) is 23.6 Å². The minimum absolute atomic E-state index is 0.0321. The summed E-state index contributed by atoms with van der Waals surface area (Å²) in [6, 6.07) is 1.70. The molecule has 1 aromatic rings. The zero-order chi connectivity index (χ0) is 17.5. The molecule has 2 N–H and O–H groups in total. The van der Waals surface area contributed by atoms with E-state index in [0.29, 0.717) is 37.5 Å². The number of hydrogen-bond donors (Lipinski definition) is 1. The fourth-order valence-corrected chi connectivity index (χ4v) is 2.98. The molecule has 24 heavy (non-hydrogen) atoms. The van der Waals surface area contributed by atoms with Gasteiger partial charge in [-0.3, -0.25) is 14.5 Å². The lowest BCUT2D eigenvalue weighted by atomic mass is 10.2. The van der Waals surface area contributed by atoms with Crippen LogP contribution >= 0.6 is 0 Å². The van der Waals surface area contributed by atoms with Crippen molar-refractivity contribution in [2.24, 2.45) is 5.73 Å². The van der Waals surface area contributed by atoms with E-state index in [-0.39, 0.29) is 18.4 Å². The predicted octanol–water partition coefficient (Wildman–Crippen LogP) is 0.755. The third kappa shape index (κ3) is 4.58. The minimum Gasteiger partial charge on any atom is -0.467 e. The maximum absolute atomic E-state index is 12.5. The number of carbonyl (C=O) groups excluding carboxylic acids is 2. The Morgan fingerprint density at radius 2 is 1.96 bits per heavy atom. The molecule has 1 fully saturated rings. The fraction of sp³-hybridized carbons (Fsp3) is 0.647. The van der Waals surface area contributed by atoms with Crippen LogP contribution in [0.1, 0.15) is 36.4 Å². The number of carbonyl (C=O) groups is 2. The molecule has 0 spiro atoms. The molecule has 0 bridgehead atoms. The third-order valence-electron chi connectivity index (χ3n) is 4.45. The maximum atomic E-state index is 12.5. The van der Waals surface area contributed by atoms with Crippen LogP contribution in [0.4, 0.5) is 0 Å². The number of likely N-dealkylation sites (N-methyl/N-ethyl adjacent to an activating group) is 1. The highest BCUT2D eigenvalue weighted by molar-refractivity contribution is 5.94. The van der Waals surface area contributed by atoms with Gasteiger partial charge in [-0.2, -0.15) is 0 Å². The first-order chi connectivity index (χ1) is 11.6. The Bertz CT molecular complexity index is 554. The molecule has 1 aliphatic rings. The molecule has 2 rings (SSSR count). The number of amides is 2. The van der Waals surface area contributed by atoms with Gasteiger partial charge in [0.25, 0.3) is 5.91 Å². The van der Waals surface area contributed by atoms with Crippen LogP contribution in [0.2, 0.25) is 0 Å². The summed E-state index contributed by atoms with van der Waals surface area (Å²) in [5, 5.41) is 0. The summed E-state index contributed by atoms with van der Waals surface area (Å²) in [7, 11) is 0. The summed E-state index contributed by atoms with van der Waals surface area (Å²) < 4.78 is 5.25. The van der Waals surface area contributed by atoms with E-state index in [4.69, 9.17) is 10.2 Å². The van der Waals surface area contributed by atoms with Crippen LogP contribution in [0.15, 0.2) is 16.7 Å². The van der Waals surface area contributed by atoms with Gasteiger partial charge in [-0.15, -0.1) is 0 Å². The summed E-state index contributed by atoms with van der Waals surface area (Å²) in [6.45, 7) is 9.01. The van der Waals surface area contributed by atoms with Gasteiger partial charge in [-0.05, 0) is 26.3 Å². The Labute approximate surface area is 143 Å². The van der Waals surface area contributed by atoms with Gasteiger partial charge in [0.15, 0.2) is 0 Å². The van der Waals surface area contributed by atoms with Crippen molar-refractivity contribution in [3.05, 3.63) is 23.7 Å². The number of nitrogens with zero attached hydrogens (tertiary/aromatic N) is 3.